The van der Waals surface area contributed by atoms with Gasteiger partial charge in [0.05, 0.1) is 17.0 Å². The van der Waals surface area contributed by atoms with Crippen molar-refractivity contribution in [1.82, 2.24) is 19.6 Å². The number of hydrogen-bond acceptors (Lipinski definition) is 4. The van der Waals surface area contributed by atoms with E-state index in [1.54, 1.807) is 42.0 Å². The van der Waals surface area contributed by atoms with Gasteiger partial charge in [-0.15, -0.1) is 0 Å². The minimum absolute atomic E-state index is 0.238. The van der Waals surface area contributed by atoms with Gasteiger partial charge < -0.3 is 0 Å². The van der Waals surface area contributed by atoms with Crippen LogP contribution < -0.4 is 0 Å². The minimum Gasteiger partial charge on any atom is -0.245 e. The van der Waals surface area contributed by atoms with Crippen molar-refractivity contribution in [1.29, 1.82) is 5.26 Å². The van der Waals surface area contributed by atoms with Crippen molar-refractivity contribution < 1.29 is 8.78 Å². The Labute approximate surface area is 147 Å². The number of nitriles is 1. The van der Waals surface area contributed by atoms with Gasteiger partial charge in [-0.1, -0.05) is 0 Å². The molecule has 126 valence electrons. The van der Waals surface area contributed by atoms with E-state index in [-0.39, 0.29) is 5.56 Å². The quantitative estimate of drug-likeness (QED) is 0.551. The first-order valence-electron chi connectivity index (χ1n) is 7.75. The van der Waals surface area contributed by atoms with E-state index in [1.165, 1.54) is 12.1 Å². The molecule has 0 amide bonds. The SMILES string of the molecule is Cc1nn2ccc(-c3ccc(C#N)nc3)nc2c1-c1ccc(F)cc1F. The predicted octanol–water partition coefficient (Wildman–Crippen LogP) is 3.92. The van der Waals surface area contributed by atoms with Crippen LogP contribution in [0.25, 0.3) is 28.0 Å². The number of benzene rings is 1. The molecule has 0 unspecified atom stereocenters. The van der Waals surface area contributed by atoms with Crippen LogP contribution in [0.5, 0.6) is 0 Å². The highest BCUT2D eigenvalue weighted by molar-refractivity contribution is 5.81. The lowest BCUT2D eigenvalue weighted by atomic mass is 10.1. The highest BCUT2D eigenvalue weighted by Crippen LogP contribution is 2.31. The second-order valence-electron chi connectivity index (χ2n) is 5.71. The molecular weight excluding hydrogens is 336 g/mol. The Hall–Kier alpha value is -3.66. The molecule has 0 atom stereocenters. The summed E-state index contributed by atoms with van der Waals surface area (Å²) in [6.07, 6.45) is 3.27. The average Bonchev–Trinajstić information content (AvgIpc) is 2.97. The molecule has 0 radical (unpaired) electrons. The maximum absolute atomic E-state index is 14.3. The highest BCUT2D eigenvalue weighted by atomic mass is 19.1. The van der Waals surface area contributed by atoms with E-state index in [9.17, 15) is 8.78 Å². The topological polar surface area (TPSA) is 66.9 Å². The van der Waals surface area contributed by atoms with Gasteiger partial charge in [-0.25, -0.2) is 23.3 Å². The van der Waals surface area contributed by atoms with Crippen molar-refractivity contribution in [3.05, 3.63) is 71.8 Å². The number of aryl methyl sites for hydroxylation is 1. The molecule has 3 heterocycles. The molecule has 0 saturated carbocycles. The van der Waals surface area contributed by atoms with Gasteiger partial charge >= 0.3 is 0 Å². The molecule has 0 saturated heterocycles. The van der Waals surface area contributed by atoms with Gasteiger partial charge in [0.25, 0.3) is 0 Å². The Morgan fingerprint density at radius 1 is 1.12 bits per heavy atom. The molecular formula is C19H11F2N5. The van der Waals surface area contributed by atoms with Crippen molar-refractivity contribution in [3.63, 3.8) is 0 Å². The second kappa shape index (κ2) is 6.01. The summed E-state index contributed by atoms with van der Waals surface area (Å²) in [6, 6.07) is 10.5. The fraction of sp³-hybridized carbons (Fsp3) is 0.0526. The fourth-order valence-electron chi connectivity index (χ4n) is 2.82. The third-order valence-corrected chi connectivity index (χ3v) is 4.03. The zero-order chi connectivity index (χ0) is 18.3. The minimum atomic E-state index is -0.671. The molecule has 26 heavy (non-hydrogen) atoms. The zero-order valence-electron chi connectivity index (χ0n) is 13.6. The maximum atomic E-state index is 14.3. The van der Waals surface area contributed by atoms with E-state index in [0.717, 1.165) is 11.6 Å². The normalized spacial score (nSPS) is 10.8. The van der Waals surface area contributed by atoms with Crippen LogP contribution in [-0.2, 0) is 0 Å². The maximum Gasteiger partial charge on any atom is 0.163 e. The number of nitrogens with zero attached hydrogens (tertiary/aromatic N) is 5. The Kier molecular flexibility index (Phi) is 3.66. The molecule has 0 bridgehead atoms. The second-order valence-corrected chi connectivity index (χ2v) is 5.71. The molecule has 0 N–H and O–H groups in total. The van der Waals surface area contributed by atoms with Crippen LogP contribution in [-0.4, -0.2) is 19.6 Å². The number of rotatable bonds is 2. The van der Waals surface area contributed by atoms with Gasteiger partial charge in [0, 0.05) is 29.6 Å². The van der Waals surface area contributed by atoms with Crippen LogP contribution in [0.15, 0.2) is 48.8 Å². The molecule has 0 aliphatic heterocycles. The lowest BCUT2D eigenvalue weighted by molar-refractivity contribution is 0.585. The molecule has 7 heteroatoms. The van der Waals surface area contributed by atoms with E-state index >= 15 is 0 Å². The van der Waals surface area contributed by atoms with Crippen LogP contribution in [0, 0.1) is 29.9 Å². The van der Waals surface area contributed by atoms with Gasteiger partial charge in [0.1, 0.15) is 23.4 Å². The Morgan fingerprint density at radius 3 is 2.65 bits per heavy atom. The van der Waals surface area contributed by atoms with Crippen molar-refractivity contribution in [2.24, 2.45) is 0 Å². The molecule has 0 fully saturated rings. The molecule has 0 aliphatic rings. The molecule has 4 aromatic rings. The van der Waals surface area contributed by atoms with Crippen molar-refractivity contribution in [2.45, 2.75) is 6.92 Å². The molecule has 3 aromatic heterocycles. The van der Waals surface area contributed by atoms with E-state index in [1.807, 2.05) is 6.07 Å². The number of fused-ring (bicyclic) bond motifs is 1. The Morgan fingerprint density at radius 2 is 1.96 bits per heavy atom. The third kappa shape index (κ3) is 2.58. The lowest BCUT2D eigenvalue weighted by Gasteiger charge is -2.05. The van der Waals surface area contributed by atoms with Crippen molar-refractivity contribution in [3.8, 4) is 28.5 Å². The lowest BCUT2D eigenvalue weighted by Crippen LogP contribution is -1.94. The summed E-state index contributed by atoms with van der Waals surface area (Å²) < 4.78 is 29.1. The van der Waals surface area contributed by atoms with E-state index < -0.39 is 11.6 Å². The largest absolute Gasteiger partial charge is 0.245 e. The van der Waals surface area contributed by atoms with Crippen LogP contribution in [0.4, 0.5) is 8.78 Å². The van der Waals surface area contributed by atoms with Crippen LogP contribution in [0.3, 0.4) is 0 Å². The van der Waals surface area contributed by atoms with Gasteiger partial charge in [-0.05, 0) is 37.3 Å². The van der Waals surface area contributed by atoms with Gasteiger partial charge in [-0.3, -0.25) is 0 Å². The van der Waals surface area contributed by atoms with Crippen LogP contribution in [0.1, 0.15) is 11.4 Å². The number of halogens is 2. The number of hydrogen-bond donors (Lipinski definition) is 0. The molecule has 0 aliphatic carbocycles. The van der Waals surface area contributed by atoms with E-state index in [2.05, 4.69) is 15.1 Å². The van der Waals surface area contributed by atoms with Gasteiger partial charge in [0.15, 0.2) is 5.65 Å². The summed E-state index contributed by atoms with van der Waals surface area (Å²) in [5.74, 6) is -1.31. The average molecular weight is 347 g/mol. The van der Waals surface area contributed by atoms with Gasteiger partial charge in [-0.2, -0.15) is 10.4 Å². The molecule has 1 aromatic carbocycles. The van der Waals surface area contributed by atoms with Crippen LogP contribution >= 0.6 is 0 Å². The van der Waals surface area contributed by atoms with Crippen molar-refractivity contribution >= 4 is 5.65 Å². The summed E-state index contributed by atoms with van der Waals surface area (Å²) >= 11 is 0. The summed E-state index contributed by atoms with van der Waals surface area (Å²) in [5, 5.41) is 13.2. The Bertz CT molecular complexity index is 1170. The number of pyridine rings is 1. The summed E-state index contributed by atoms with van der Waals surface area (Å²) in [5.41, 5.74) is 3.42. The standard InChI is InChI=1S/C19H11F2N5/c1-11-18(15-5-3-13(20)8-16(15)21)19-24-17(6-7-26(19)25-11)12-2-4-14(9-22)23-10-12/h2-8,10H,1H3. The van der Waals surface area contributed by atoms with Gasteiger partial charge in [0.2, 0.25) is 0 Å². The fourth-order valence-corrected chi connectivity index (χ4v) is 2.82. The smallest absolute Gasteiger partial charge is 0.163 e. The summed E-state index contributed by atoms with van der Waals surface area (Å²) in [6.45, 7) is 1.75. The summed E-state index contributed by atoms with van der Waals surface area (Å²) in [4.78, 5) is 8.62. The zero-order valence-corrected chi connectivity index (χ0v) is 13.6. The first-order valence-corrected chi connectivity index (χ1v) is 7.75. The van der Waals surface area contributed by atoms with Crippen LogP contribution in [0.2, 0.25) is 0 Å². The molecule has 0 spiro atoms. The summed E-state index contributed by atoms with van der Waals surface area (Å²) in [7, 11) is 0. The monoisotopic (exact) mass is 347 g/mol. The van der Waals surface area contributed by atoms with E-state index in [0.29, 0.717) is 28.3 Å². The highest BCUT2D eigenvalue weighted by Gasteiger charge is 2.17. The Balaban J connectivity index is 1.91. The first kappa shape index (κ1) is 15.8. The van der Waals surface area contributed by atoms with Crippen molar-refractivity contribution in [2.75, 3.05) is 0 Å². The van der Waals surface area contributed by atoms with E-state index in [4.69, 9.17) is 5.26 Å². The third-order valence-electron chi connectivity index (χ3n) is 4.03. The molecule has 4 rings (SSSR count). The number of aromatic nitrogens is 4. The first-order chi connectivity index (χ1) is 12.6. The predicted molar refractivity (Wildman–Crippen MR) is 91.0 cm³/mol. The molecule has 5 nitrogen and oxygen atoms in total.